The van der Waals surface area contributed by atoms with Gasteiger partial charge in [-0.2, -0.15) is 0 Å². The second-order valence-electron chi connectivity index (χ2n) is 9.89. The number of methoxy groups -OCH3 is 1. The predicted octanol–water partition coefficient (Wildman–Crippen LogP) is 6.79. The van der Waals surface area contributed by atoms with Gasteiger partial charge in [-0.05, 0) is 65.0 Å². The summed E-state index contributed by atoms with van der Waals surface area (Å²) in [5.74, 6) is 0.195. The van der Waals surface area contributed by atoms with Crippen LogP contribution >= 0.6 is 0 Å². The molecule has 1 atom stereocenters. The fourth-order valence-electron chi connectivity index (χ4n) is 5.09. The number of aliphatic carboxylic acids is 1. The number of nitrogens with zero attached hydrogens (tertiary/aromatic N) is 1. The maximum atomic E-state index is 14.9. The highest BCUT2D eigenvalue weighted by Crippen LogP contribution is 2.51. The van der Waals surface area contributed by atoms with Crippen LogP contribution in [0.3, 0.4) is 0 Å². The van der Waals surface area contributed by atoms with Crippen LogP contribution in [0.4, 0.5) is 4.39 Å². The third kappa shape index (κ3) is 5.81. The molecule has 5 nitrogen and oxygen atoms in total. The van der Waals surface area contributed by atoms with Gasteiger partial charge in [0.15, 0.2) is 0 Å². The van der Waals surface area contributed by atoms with Crippen molar-refractivity contribution in [3.8, 4) is 22.8 Å². The number of hydrogen-bond acceptors (Lipinski definition) is 4. The Morgan fingerprint density at radius 2 is 1.97 bits per heavy atom. The van der Waals surface area contributed by atoms with Crippen LogP contribution in [-0.2, 0) is 17.8 Å². The number of pyridine rings is 1. The molecule has 0 radical (unpaired) electrons. The van der Waals surface area contributed by atoms with Crippen LogP contribution in [0.2, 0.25) is 0 Å². The fourth-order valence-corrected chi connectivity index (χ4v) is 5.09. The van der Waals surface area contributed by atoms with Crippen LogP contribution in [0.15, 0.2) is 54.7 Å². The van der Waals surface area contributed by atoms with Crippen molar-refractivity contribution >= 4 is 5.97 Å². The number of carboxylic acids is 1. The SMILES string of the molecule is COc1cc(-c2ccc(COc3cccc(CCC(=O)O)c3)cc2C2CCCC2(C)C)c(F)cn1. The van der Waals surface area contributed by atoms with Crippen molar-refractivity contribution < 1.29 is 23.8 Å². The molecule has 4 rings (SSSR count). The summed E-state index contributed by atoms with van der Waals surface area (Å²) >= 11 is 0. The minimum atomic E-state index is -0.818. The lowest BCUT2D eigenvalue weighted by Crippen LogP contribution is -2.17. The Labute approximate surface area is 205 Å². The molecule has 3 aromatic rings. The summed E-state index contributed by atoms with van der Waals surface area (Å²) in [5, 5.41) is 8.93. The van der Waals surface area contributed by atoms with Crippen molar-refractivity contribution in [2.24, 2.45) is 5.41 Å². The van der Waals surface area contributed by atoms with E-state index in [9.17, 15) is 9.18 Å². The number of benzene rings is 2. The average Bonchev–Trinajstić information content (AvgIpc) is 3.20. The van der Waals surface area contributed by atoms with E-state index in [0.29, 0.717) is 36.1 Å². The zero-order chi connectivity index (χ0) is 25.0. The standard InChI is InChI=1S/C29H32FNO4/c1-29(2)13-5-8-25(29)23-15-20(9-11-22(23)24-16-27(34-3)31-17-26(24)30)18-35-21-7-4-6-19(14-21)10-12-28(32)33/h4,6-7,9,11,14-17,25H,5,8,10,12-13,18H2,1-3H3,(H,32,33). The molecule has 0 amide bonds. The lowest BCUT2D eigenvalue weighted by atomic mass is 9.75. The molecular formula is C29H32FNO4. The number of hydrogen-bond donors (Lipinski definition) is 1. The second kappa shape index (κ2) is 10.5. The quantitative estimate of drug-likeness (QED) is 0.368. The molecular weight excluding hydrogens is 445 g/mol. The first-order valence-electron chi connectivity index (χ1n) is 12.0. The first kappa shape index (κ1) is 24.7. The molecule has 1 aliphatic rings. The van der Waals surface area contributed by atoms with Crippen molar-refractivity contribution in [1.29, 1.82) is 0 Å². The number of carbonyl (C=O) groups is 1. The number of rotatable bonds is 9. The molecule has 0 bridgehead atoms. The normalized spacial score (nSPS) is 16.7. The first-order valence-corrected chi connectivity index (χ1v) is 12.0. The number of ether oxygens (including phenoxy) is 2. The Morgan fingerprint density at radius 1 is 1.14 bits per heavy atom. The van der Waals surface area contributed by atoms with Gasteiger partial charge in [-0.15, -0.1) is 0 Å². The molecule has 1 N–H and O–H groups in total. The average molecular weight is 478 g/mol. The minimum absolute atomic E-state index is 0.0851. The summed E-state index contributed by atoms with van der Waals surface area (Å²) in [4.78, 5) is 14.9. The van der Waals surface area contributed by atoms with E-state index < -0.39 is 5.97 Å². The molecule has 2 aromatic carbocycles. The zero-order valence-corrected chi connectivity index (χ0v) is 20.5. The molecule has 6 heteroatoms. The molecule has 1 aromatic heterocycles. The van der Waals surface area contributed by atoms with Gasteiger partial charge in [-0.25, -0.2) is 9.37 Å². The summed E-state index contributed by atoms with van der Waals surface area (Å²) in [6, 6.07) is 15.3. The molecule has 1 fully saturated rings. The maximum absolute atomic E-state index is 14.9. The second-order valence-corrected chi connectivity index (χ2v) is 9.89. The largest absolute Gasteiger partial charge is 0.489 e. The molecule has 1 unspecified atom stereocenters. The van der Waals surface area contributed by atoms with Crippen molar-refractivity contribution in [2.45, 2.75) is 58.5 Å². The van der Waals surface area contributed by atoms with Gasteiger partial charge >= 0.3 is 5.97 Å². The Hall–Kier alpha value is -3.41. The van der Waals surface area contributed by atoms with Crippen LogP contribution in [0.5, 0.6) is 11.6 Å². The minimum Gasteiger partial charge on any atom is -0.489 e. The van der Waals surface area contributed by atoms with E-state index in [0.717, 1.165) is 41.5 Å². The third-order valence-electron chi connectivity index (χ3n) is 7.01. The third-order valence-corrected chi connectivity index (χ3v) is 7.01. The van der Waals surface area contributed by atoms with Gasteiger partial charge in [0.2, 0.25) is 5.88 Å². The smallest absolute Gasteiger partial charge is 0.303 e. The summed E-state index contributed by atoms with van der Waals surface area (Å²) in [6.07, 6.45) is 5.09. The number of carboxylic acid groups (broad SMARTS) is 1. The van der Waals surface area contributed by atoms with Crippen molar-refractivity contribution in [1.82, 2.24) is 4.98 Å². The Morgan fingerprint density at radius 3 is 2.69 bits per heavy atom. The van der Waals surface area contributed by atoms with Gasteiger partial charge in [0.25, 0.3) is 0 Å². The van der Waals surface area contributed by atoms with Gasteiger partial charge in [0.1, 0.15) is 18.2 Å². The summed E-state index contributed by atoms with van der Waals surface area (Å²) in [5.41, 5.74) is 4.52. The van der Waals surface area contributed by atoms with E-state index in [1.54, 1.807) is 6.07 Å². The van der Waals surface area contributed by atoms with E-state index in [2.05, 4.69) is 24.9 Å². The molecule has 35 heavy (non-hydrogen) atoms. The van der Waals surface area contributed by atoms with Crippen LogP contribution in [0, 0.1) is 11.2 Å². The molecule has 0 saturated heterocycles. The highest BCUT2D eigenvalue weighted by atomic mass is 19.1. The number of halogens is 1. The maximum Gasteiger partial charge on any atom is 0.303 e. The highest BCUT2D eigenvalue weighted by molar-refractivity contribution is 5.70. The van der Waals surface area contributed by atoms with E-state index in [-0.39, 0.29) is 17.7 Å². The monoisotopic (exact) mass is 477 g/mol. The van der Waals surface area contributed by atoms with Crippen LogP contribution < -0.4 is 9.47 Å². The fraction of sp³-hybridized carbons (Fsp3) is 0.379. The van der Waals surface area contributed by atoms with E-state index in [1.165, 1.54) is 13.3 Å². The molecule has 1 saturated carbocycles. The van der Waals surface area contributed by atoms with Crippen LogP contribution in [0.1, 0.15) is 62.1 Å². The summed E-state index contributed by atoms with van der Waals surface area (Å²) in [7, 11) is 1.53. The highest BCUT2D eigenvalue weighted by Gasteiger charge is 2.37. The van der Waals surface area contributed by atoms with Crippen molar-refractivity contribution in [2.75, 3.05) is 7.11 Å². The van der Waals surface area contributed by atoms with Gasteiger partial charge in [-0.3, -0.25) is 4.79 Å². The topological polar surface area (TPSA) is 68.7 Å². The van der Waals surface area contributed by atoms with Gasteiger partial charge in [0, 0.05) is 18.1 Å². The lowest BCUT2D eigenvalue weighted by molar-refractivity contribution is -0.136. The lowest BCUT2D eigenvalue weighted by Gasteiger charge is -2.30. The van der Waals surface area contributed by atoms with Gasteiger partial charge < -0.3 is 14.6 Å². The Bertz CT molecular complexity index is 1210. The zero-order valence-electron chi connectivity index (χ0n) is 20.5. The van der Waals surface area contributed by atoms with Crippen molar-refractivity contribution in [3.63, 3.8) is 0 Å². The Kier molecular flexibility index (Phi) is 7.39. The molecule has 1 heterocycles. The van der Waals surface area contributed by atoms with Gasteiger partial charge in [-0.1, -0.05) is 50.6 Å². The van der Waals surface area contributed by atoms with Crippen LogP contribution in [0.25, 0.3) is 11.1 Å². The molecule has 184 valence electrons. The van der Waals surface area contributed by atoms with E-state index >= 15 is 0 Å². The van der Waals surface area contributed by atoms with Gasteiger partial charge in [0.05, 0.1) is 13.3 Å². The van der Waals surface area contributed by atoms with Crippen molar-refractivity contribution in [3.05, 3.63) is 77.2 Å². The van der Waals surface area contributed by atoms with E-state index in [4.69, 9.17) is 14.6 Å². The predicted molar refractivity (Wildman–Crippen MR) is 133 cm³/mol. The summed E-state index contributed by atoms with van der Waals surface area (Å²) < 4.78 is 26.2. The molecule has 0 aliphatic heterocycles. The number of aryl methyl sites for hydroxylation is 1. The Balaban J connectivity index is 1.64. The van der Waals surface area contributed by atoms with Crippen LogP contribution in [-0.4, -0.2) is 23.2 Å². The summed E-state index contributed by atoms with van der Waals surface area (Å²) in [6.45, 7) is 4.93. The number of aromatic nitrogens is 1. The molecule has 1 aliphatic carbocycles. The molecule has 0 spiro atoms. The van der Waals surface area contributed by atoms with E-state index in [1.807, 2.05) is 36.4 Å². The first-order chi connectivity index (χ1) is 16.8.